The molecule has 22 heavy (non-hydrogen) atoms. The van der Waals surface area contributed by atoms with Gasteiger partial charge in [0.15, 0.2) is 0 Å². The van der Waals surface area contributed by atoms with E-state index in [4.69, 9.17) is 16.3 Å². The first kappa shape index (κ1) is 16.3. The predicted octanol–water partition coefficient (Wildman–Crippen LogP) is 2.21. The Balaban J connectivity index is 1.88. The molecule has 0 saturated heterocycles. The Morgan fingerprint density at radius 3 is 2.86 bits per heavy atom. The lowest BCUT2D eigenvalue weighted by Gasteiger charge is -2.19. The minimum Gasteiger partial charge on any atom is -0.375 e. The number of rotatable bonds is 6. The molecule has 0 aliphatic rings. The number of halogens is 1. The van der Waals surface area contributed by atoms with E-state index in [-0.39, 0.29) is 18.2 Å². The van der Waals surface area contributed by atoms with Gasteiger partial charge in [-0.2, -0.15) is 5.10 Å². The van der Waals surface area contributed by atoms with Crippen molar-refractivity contribution < 1.29 is 9.53 Å². The van der Waals surface area contributed by atoms with Crippen molar-refractivity contribution in [2.24, 2.45) is 0 Å². The van der Waals surface area contributed by atoms with Crippen LogP contribution >= 0.6 is 11.6 Å². The Morgan fingerprint density at radius 1 is 1.45 bits per heavy atom. The third-order valence-corrected chi connectivity index (χ3v) is 3.52. The Bertz CT molecular complexity index is 605. The summed E-state index contributed by atoms with van der Waals surface area (Å²) in [4.78, 5) is 15.9. The maximum Gasteiger partial charge on any atom is 0.315 e. The number of aromatic amines is 1. The van der Waals surface area contributed by atoms with Crippen molar-refractivity contribution >= 4 is 17.6 Å². The molecule has 0 aliphatic carbocycles. The maximum absolute atomic E-state index is 11.9. The Morgan fingerprint density at radius 2 is 2.23 bits per heavy atom. The van der Waals surface area contributed by atoms with Crippen LogP contribution in [0.3, 0.4) is 0 Å². The fraction of sp³-hybridized carbons (Fsp3) is 0.357. The van der Waals surface area contributed by atoms with E-state index in [1.54, 1.807) is 13.2 Å². The molecule has 0 saturated carbocycles. The van der Waals surface area contributed by atoms with E-state index in [0.29, 0.717) is 17.4 Å². The Labute approximate surface area is 133 Å². The van der Waals surface area contributed by atoms with Gasteiger partial charge in [0.1, 0.15) is 18.3 Å². The number of urea groups is 1. The molecule has 2 amide bonds. The normalized spacial score (nSPS) is 13.4. The van der Waals surface area contributed by atoms with Crippen LogP contribution in [0.5, 0.6) is 0 Å². The summed E-state index contributed by atoms with van der Waals surface area (Å²) in [7, 11) is 1.57. The summed E-state index contributed by atoms with van der Waals surface area (Å²) in [6, 6.07) is 6.78. The van der Waals surface area contributed by atoms with Gasteiger partial charge in [0.05, 0.1) is 6.04 Å². The molecule has 0 radical (unpaired) electrons. The quantitative estimate of drug-likeness (QED) is 0.760. The van der Waals surface area contributed by atoms with Crippen molar-refractivity contribution in [2.75, 3.05) is 13.7 Å². The minimum absolute atomic E-state index is 0.274. The van der Waals surface area contributed by atoms with Crippen LogP contribution in [0.25, 0.3) is 0 Å². The van der Waals surface area contributed by atoms with Crippen LogP contribution in [0.1, 0.15) is 30.5 Å². The zero-order chi connectivity index (χ0) is 15.9. The SMILES string of the molecule is CO[C@H](CNC(=O)N[C@H](C)c1ncn[nH]1)c1ccccc1Cl. The first-order valence-electron chi connectivity index (χ1n) is 6.78. The third-order valence-electron chi connectivity index (χ3n) is 3.18. The van der Waals surface area contributed by atoms with E-state index in [9.17, 15) is 4.79 Å². The highest BCUT2D eigenvalue weighted by Gasteiger charge is 2.16. The molecule has 0 bridgehead atoms. The van der Waals surface area contributed by atoms with E-state index < -0.39 is 0 Å². The number of benzene rings is 1. The molecule has 0 aliphatic heterocycles. The third kappa shape index (κ3) is 4.19. The number of aromatic nitrogens is 3. The number of nitrogens with zero attached hydrogens (tertiary/aromatic N) is 2. The minimum atomic E-state index is -0.321. The lowest BCUT2D eigenvalue weighted by Crippen LogP contribution is -2.39. The van der Waals surface area contributed by atoms with Crippen molar-refractivity contribution in [2.45, 2.75) is 19.1 Å². The van der Waals surface area contributed by atoms with E-state index in [2.05, 4.69) is 25.8 Å². The van der Waals surface area contributed by atoms with Crippen molar-refractivity contribution in [3.63, 3.8) is 0 Å². The summed E-state index contributed by atoms with van der Waals surface area (Å²) in [6.07, 6.45) is 1.07. The number of ether oxygens (including phenoxy) is 1. The van der Waals surface area contributed by atoms with Crippen LogP contribution in [-0.2, 0) is 4.74 Å². The molecule has 1 heterocycles. The van der Waals surface area contributed by atoms with Crippen LogP contribution in [0, 0.1) is 0 Å². The van der Waals surface area contributed by atoms with E-state index in [1.165, 1.54) is 6.33 Å². The average molecular weight is 324 g/mol. The van der Waals surface area contributed by atoms with Crippen LogP contribution < -0.4 is 10.6 Å². The molecule has 2 aromatic rings. The fourth-order valence-electron chi connectivity index (χ4n) is 1.98. The number of hydrogen-bond acceptors (Lipinski definition) is 4. The summed E-state index contributed by atoms with van der Waals surface area (Å²) >= 11 is 6.14. The summed E-state index contributed by atoms with van der Waals surface area (Å²) in [5, 5.41) is 12.6. The molecule has 0 fully saturated rings. The monoisotopic (exact) mass is 323 g/mol. The molecule has 0 unspecified atom stereocenters. The van der Waals surface area contributed by atoms with Gasteiger partial charge in [0.2, 0.25) is 0 Å². The topological polar surface area (TPSA) is 91.9 Å². The molecule has 7 nitrogen and oxygen atoms in total. The van der Waals surface area contributed by atoms with Crippen molar-refractivity contribution in [3.8, 4) is 0 Å². The fourth-order valence-corrected chi connectivity index (χ4v) is 2.24. The zero-order valence-corrected chi connectivity index (χ0v) is 13.1. The maximum atomic E-state index is 11.9. The first-order chi connectivity index (χ1) is 10.6. The molecule has 2 rings (SSSR count). The average Bonchev–Trinajstić information content (AvgIpc) is 3.04. The zero-order valence-electron chi connectivity index (χ0n) is 12.3. The van der Waals surface area contributed by atoms with Gasteiger partial charge in [0, 0.05) is 24.2 Å². The molecule has 3 N–H and O–H groups in total. The summed E-state index contributed by atoms with van der Waals surface area (Å²) in [5.41, 5.74) is 0.829. The lowest BCUT2D eigenvalue weighted by molar-refractivity contribution is 0.104. The highest BCUT2D eigenvalue weighted by Crippen LogP contribution is 2.24. The molecule has 1 aromatic heterocycles. The van der Waals surface area contributed by atoms with Crippen LogP contribution in [0.4, 0.5) is 4.79 Å². The number of carbonyl (C=O) groups is 1. The standard InChI is InChI=1S/C14H18ClN5O2/c1-9(13-17-8-18-20-13)19-14(21)16-7-12(22-2)10-5-3-4-6-11(10)15/h3-6,8-9,12H,7H2,1-2H3,(H2,16,19,21)(H,17,18,20)/t9-,12-/m1/s1. The Hall–Kier alpha value is -2.12. The second kappa shape index (κ2) is 7.77. The second-order valence-corrected chi connectivity index (χ2v) is 5.10. The molecule has 2 atom stereocenters. The molecular formula is C14H18ClN5O2. The number of carbonyl (C=O) groups excluding carboxylic acids is 1. The molecule has 0 spiro atoms. The number of hydrogen-bond donors (Lipinski definition) is 3. The van der Waals surface area contributed by atoms with Gasteiger partial charge < -0.3 is 15.4 Å². The van der Waals surface area contributed by atoms with E-state index in [0.717, 1.165) is 5.56 Å². The van der Waals surface area contributed by atoms with Gasteiger partial charge in [-0.1, -0.05) is 29.8 Å². The number of methoxy groups -OCH3 is 1. The van der Waals surface area contributed by atoms with Gasteiger partial charge >= 0.3 is 6.03 Å². The Kier molecular flexibility index (Phi) is 5.74. The number of nitrogens with one attached hydrogen (secondary N) is 3. The molecule has 8 heteroatoms. The number of H-pyrrole nitrogens is 1. The van der Waals surface area contributed by atoms with Gasteiger partial charge in [-0.15, -0.1) is 0 Å². The highest BCUT2D eigenvalue weighted by atomic mass is 35.5. The van der Waals surface area contributed by atoms with Gasteiger partial charge in [-0.05, 0) is 13.0 Å². The van der Waals surface area contributed by atoms with E-state index in [1.807, 2.05) is 25.1 Å². The molecular weight excluding hydrogens is 306 g/mol. The van der Waals surface area contributed by atoms with Crippen LogP contribution in [-0.4, -0.2) is 34.9 Å². The van der Waals surface area contributed by atoms with Gasteiger partial charge in [-0.3, -0.25) is 5.10 Å². The van der Waals surface area contributed by atoms with Crippen molar-refractivity contribution in [3.05, 3.63) is 47.0 Å². The molecule has 1 aromatic carbocycles. The highest BCUT2D eigenvalue weighted by molar-refractivity contribution is 6.31. The largest absolute Gasteiger partial charge is 0.375 e. The number of amides is 2. The van der Waals surface area contributed by atoms with Gasteiger partial charge in [-0.25, -0.2) is 9.78 Å². The second-order valence-electron chi connectivity index (χ2n) is 4.69. The first-order valence-corrected chi connectivity index (χ1v) is 7.16. The van der Waals surface area contributed by atoms with Crippen molar-refractivity contribution in [1.82, 2.24) is 25.8 Å². The summed E-state index contributed by atoms with van der Waals surface area (Å²) in [5.74, 6) is 0.588. The molecule has 118 valence electrons. The lowest BCUT2D eigenvalue weighted by atomic mass is 10.1. The van der Waals surface area contributed by atoms with Crippen LogP contribution in [0.2, 0.25) is 5.02 Å². The van der Waals surface area contributed by atoms with Gasteiger partial charge in [0.25, 0.3) is 0 Å². The summed E-state index contributed by atoms with van der Waals surface area (Å²) < 4.78 is 5.39. The summed E-state index contributed by atoms with van der Waals surface area (Å²) in [6.45, 7) is 2.11. The predicted molar refractivity (Wildman–Crippen MR) is 82.5 cm³/mol. The van der Waals surface area contributed by atoms with E-state index >= 15 is 0 Å². The van der Waals surface area contributed by atoms with Crippen LogP contribution in [0.15, 0.2) is 30.6 Å². The van der Waals surface area contributed by atoms with Crippen molar-refractivity contribution in [1.29, 1.82) is 0 Å². The smallest absolute Gasteiger partial charge is 0.315 e.